The zero-order valence-corrected chi connectivity index (χ0v) is 24.3. The van der Waals surface area contributed by atoms with E-state index in [2.05, 4.69) is 11.6 Å². The van der Waals surface area contributed by atoms with Gasteiger partial charge in [0.2, 0.25) is 0 Å². The molecule has 1 fully saturated rings. The summed E-state index contributed by atoms with van der Waals surface area (Å²) in [6.07, 6.45) is 1.44. The maximum absolute atomic E-state index is 13.6. The minimum absolute atomic E-state index is 0.00918. The number of aromatic nitrogens is 1. The Morgan fingerprint density at radius 3 is 2.49 bits per heavy atom. The van der Waals surface area contributed by atoms with Gasteiger partial charge in [0.1, 0.15) is 35.3 Å². The SMILES string of the molecule is C=CCOC(=O)c1sc(N2C(=O)C(=O)/C(=C(/O)c3cccc(OC)c3)C2c2ccc(OCc3ccccc3)cc2)nc1C. The molecule has 10 heteroatoms. The van der Waals surface area contributed by atoms with E-state index in [1.165, 1.54) is 18.1 Å². The summed E-state index contributed by atoms with van der Waals surface area (Å²) in [4.78, 5) is 45.6. The number of carbonyl (C=O) groups excluding carboxylic acids is 3. The van der Waals surface area contributed by atoms with Crippen molar-refractivity contribution in [3.05, 3.63) is 124 Å². The first-order valence-corrected chi connectivity index (χ1v) is 14.1. The molecule has 1 unspecified atom stereocenters. The molecule has 218 valence electrons. The highest BCUT2D eigenvalue weighted by Crippen LogP contribution is 2.44. The third-order valence-corrected chi connectivity index (χ3v) is 7.88. The first-order valence-electron chi connectivity index (χ1n) is 13.3. The van der Waals surface area contributed by atoms with Crippen LogP contribution in [0.2, 0.25) is 0 Å². The van der Waals surface area contributed by atoms with E-state index < -0.39 is 23.7 Å². The van der Waals surface area contributed by atoms with Crippen LogP contribution in [0.5, 0.6) is 11.5 Å². The molecule has 0 bridgehead atoms. The van der Waals surface area contributed by atoms with E-state index in [0.717, 1.165) is 16.9 Å². The van der Waals surface area contributed by atoms with Crippen molar-refractivity contribution in [2.45, 2.75) is 19.6 Å². The van der Waals surface area contributed by atoms with Crippen molar-refractivity contribution >= 4 is 39.9 Å². The fraction of sp³-hybridized carbons (Fsp3) is 0.152. The van der Waals surface area contributed by atoms with Gasteiger partial charge in [0.05, 0.1) is 24.4 Å². The van der Waals surface area contributed by atoms with E-state index in [4.69, 9.17) is 14.2 Å². The molecule has 4 aromatic rings. The third-order valence-electron chi connectivity index (χ3n) is 6.74. The summed E-state index contributed by atoms with van der Waals surface area (Å²) < 4.78 is 16.4. The van der Waals surface area contributed by atoms with Crippen LogP contribution in [0.25, 0.3) is 5.76 Å². The molecule has 1 aromatic heterocycles. The molecule has 1 N–H and O–H groups in total. The largest absolute Gasteiger partial charge is 0.507 e. The van der Waals surface area contributed by atoms with Gasteiger partial charge in [-0.15, -0.1) is 0 Å². The van der Waals surface area contributed by atoms with Crippen LogP contribution in [-0.4, -0.2) is 41.5 Å². The van der Waals surface area contributed by atoms with Gasteiger partial charge in [0.25, 0.3) is 5.78 Å². The van der Waals surface area contributed by atoms with E-state index in [9.17, 15) is 19.5 Å². The Bertz CT molecular complexity index is 1710. The van der Waals surface area contributed by atoms with Crippen LogP contribution < -0.4 is 14.4 Å². The van der Waals surface area contributed by atoms with Gasteiger partial charge in [-0.05, 0) is 42.3 Å². The molecule has 0 saturated carbocycles. The quantitative estimate of drug-likeness (QED) is 0.0779. The number of anilines is 1. The van der Waals surface area contributed by atoms with Gasteiger partial charge in [-0.25, -0.2) is 9.78 Å². The molecule has 43 heavy (non-hydrogen) atoms. The normalized spacial score (nSPS) is 15.8. The number of hydrogen-bond acceptors (Lipinski definition) is 9. The minimum Gasteiger partial charge on any atom is -0.507 e. The highest BCUT2D eigenvalue weighted by molar-refractivity contribution is 7.17. The molecule has 2 heterocycles. The Hall–Kier alpha value is -5.22. The molecule has 0 radical (unpaired) electrons. The molecule has 0 spiro atoms. The highest BCUT2D eigenvalue weighted by atomic mass is 32.1. The van der Waals surface area contributed by atoms with Crippen molar-refractivity contribution < 1.29 is 33.7 Å². The molecule has 5 rings (SSSR count). The number of Topliss-reactive ketones (excluding diaryl/α,β-unsaturated/α-hetero) is 1. The summed E-state index contributed by atoms with van der Waals surface area (Å²) in [5.74, 6) is -1.72. The number of benzene rings is 3. The van der Waals surface area contributed by atoms with E-state index in [-0.39, 0.29) is 27.9 Å². The van der Waals surface area contributed by atoms with Crippen LogP contribution in [0.1, 0.15) is 38.1 Å². The average Bonchev–Trinajstić information content (AvgIpc) is 3.55. The number of esters is 1. The third kappa shape index (κ3) is 6.05. The second-order valence-corrected chi connectivity index (χ2v) is 10.5. The summed E-state index contributed by atoms with van der Waals surface area (Å²) >= 11 is 0.928. The Morgan fingerprint density at radius 2 is 1.79 bits per heavy atom. The second-order valence-electron chi connectivity index (χ2n) is 9.54. The zero-order chi connectivity index (χ0) is 30.5. The molecular formula is C33H28N2O7S. The summed E-state index contributed by atoms with van der Waals surface area (Å²) in [6, 6.07) is 22.1. The first-order chi connectivity index (χ1) is 20.8. The van der Waals surface area contributed by atoms with Crippen LogP contribution in [0.3, 0.4) is 0 Å². The fourth-order valence-corrected chi connectivity index (χ4v) is 5.62. The van der Waals surface area contributed by atoms with Gasteiger partial charge < -0.3 is 19.3 Å². The predicted octanol–water partition coefficient (Wildman–Crippen LogP) is 6.01. The molecule has 1 amide bonds. The van der Waals surface area contributed by atoms with E-state index in [0.29, 0.717) is 34.9 Å². The highest BCUT2D eigenvalue weighted by Gasteiger charge is 2.48. The number of aliphatic hydroxyl groups excluding tert-OH is 1. The van der Waals surface area contributed by atoms with Crippen molar-refractivity contribution in [1.82, 2.24) is 4.98 Å². The van der Waals surface area contributed by atoms with Crippen LogP contribution in [0, 0.1) is 6.92 Å². The lowest BCUT2D eigenvalue weighted by Crippen LogP contribution is -2.29. The molecule has 0 aliphatic carbocycles. The second kappa shape index (κ2) is 12.7. The van der Waals surface area contributed by atoms with Gasteiger partial charge in [-0.2, -0.15) is 0 Å². The molecular weight excluding hydrogens is 568 g/mol. The monoisotopic (exact) mass is 596 g/mol. The van der Waals surface area contributed by atoms with Crippen LogP contribution in [-0.2, 0) is 20.9 Å². The van der Waals surface area contributed by atoms with Crippen molar-refractivity contribution in [3.63, 3.8) is 0 Å². The van der Waals surface area contributed by atoms with E-state index in [1.54, 1.807) is 55.5 Å². The summed E-state index contributed by atoms with van der Waals surface area (Å²) in [5.41, 5.74) is 2.04. The smallest absolute Gasteiger partial charge is 0.350 e. The van der Waals surface area contributed by atoms with Gasteiger partial charge in [-0.3, -0.25) is 14.5 Å². The van der Waals surface area contributed by atoms with Crippen molar-refractivity contribution in [1.29, 1.82) is 0 Å². The topological polar surface area (TPSA) is 115 Å². The first kappa shape index (κ1) is 29.3. The number of amides is 1. The Kier molecular flexibility index (Phi) is 8.68. The number of rotatable bonds is 10. The average molecular weight is 597 g/mol. The van der Waals surface area contributed by atoms with E-state index in [1.807, 2.05) is 30.3 Å². The van der Waals surface area contributed by atoms with Crippen LogP contribution in [0.15, 0.2) is 97.1 Å². The number of aryl methyl sites for hydroxylation is 1. The molecule has 1 saturated heterocycles. The van der Waals surface area contributed by atoms with Crippen molar-refractivity contribution in [2.75, 3.05) is 18.6 Å². The number of methoxy groups -OCH3 is 1. The van der Waals surface area contributed by atoms with Gasteiger partial charge >= 0.3 is 11.9 Å². The Balaban J connectivity index is 1.57. The van der Waals surface area contributed by atoms with Crippen LogP contribution >= 0.6 is 11.3 Å². The number of carbonyl (C=O) groups is 3. The Morgan fingerprint density at radius 1 is 1.05 bits per heavy atom. The minimum atomic E-state index is -1.04. The number of ketones is 1. The summed E-state index contributed by atoms with van der Waals surface area (Å²) in [7, 11) is 1.49. The molecule has 1 aliphatic heterocycles. The molecule has 1 atom stereocenters. The van der Waals surface area contributed by atoms with Crippen LogP contribution in [0.4, 0.5) is 5.13 Å². The number of aliphatic hydroxyl groups is 1. The summed E-state index contributed by atoms with van der Waals surface area (Å²) in [5, 5.41) is 11.5. The number of thiazole rings is 1. The maximum atomic E-state index is 13.6. The summed E-state index contributed by atoms with van der Waals surface area (Å²) in [6.45, 7) is 5.53. The predicted molar refractivity (Wildman–Crippen MR) is 162 cm³/mol. The van der Waals surface area contributed by atoms with Gasteiger partial charge in [0.15, 0.2) is 5.13 Å². The lowest BCUT2D eigenvalue weighted by atomic mass is 9.95. The van der Waals surface area contributed by atoms with E-state index >= 15 is 0 Å². The van der Waals surface area contributed by atoms with Crippen molar-refractivity contribution in [3.8, 4) is 11.5 Å². The van der Waals surface area contributed by atoms with Crippen molar-refractivity contribution in [2.24, 2.45) is 0 Å². The fourth-order valence-electron chi connectivity index (χ4n) is 4.63. The van der Waals surface area contributed by atoms with Gasteiger partial charge in [-0.1, -0.05) is 78.6 Å². The maximum Gasteiger partial charge on any atom is 0.350 e. The lowest BCUT2D eigenvalue weighted by Gasteiger charge is -2.23. The number of hydrogen-bond donors (Lipinski definition) is 1. The van der Waals surface area contributed by atoms with Gasteiger partial charge in [0, 0.05) is 5.56 Å². The molecule has 3 aromatic carbocycles. The lowest BCUT2D eigenvalue weighted by molar-refractivity contribution is -0.132. The zero-order valence-electron chi connectivity index (χ0n) is 23.5. The Labute approximate surface area is 252 Å². The molecule has 1 aliphatic rings. The number of nitrogens with zero attached hydrogens (tertiary/aromatic N) is 2. The number of ether oxygens (including phenoxy) is 3. The standard InChI is InChI=1S/C33H28N2O7S/c1-4-17-41-32(39)30-20(2)34-33(43-30)35-27(22-13-15-24(16-14-22)42-19-21-9-6-5-7-10-21)26(29(37)31(35)38)28(36)23-11-8-12-25(18-23)40-3/h4-16,18,27,36H,1,17,19H2,2-3H3/b28-26+. The molecule has 9 nitrogen and oxygen atoms in total.